The Kier molecular flexibility index (Phi) is 6.21. The highest BCUT2D eigenvalue weighted by molar-refractivity contribution is 5.33. The number of nitriles is 1. The molecule has 1 N–H and O–H groups in total. The molecular formula is C23H26F3N3O. The maximum absolute atomic E-state index is 13.6. The number of halogens is 3. The van der Waals surface area contributed by atoms with E-state index in [1.165, 1.54) is 0 Å². The molecule has 7 heteroatoms. The summed E-state index contributed by atoms with van der Waals surface area (Å²) in [4.78, 5) is 6.37. The third kappa shape index (κ3) is 4.50. The van der Waals surface area contributed by atoms with Crippen LogP contribution in [0.3, 0.4) is 0 Å². The van der Waals surface area contributed by atoms with Gasteiger partial charge < -0.3 is 5.11 Å². The van der Waals surface area contributed by atoms with E-state index in [0.29, 0.717) is 18.5 Å². The Morgan fingerprint density at radius 1 is 1.23 bits per heavy atom. The van der Waals surface area contributed by atoms with Gasteiger partial charge in [-0.2, -0.15) is 18.4 Å². The van der Waals surface area contributed by atoms with Crippen LogP contribution in [-0.4, -0.2) is 40.4 Å². The van der Waals surface area contributed by atoms with Crippen molar-refractivity contribution in [2.75, 3.05) is 13.1 Å². The van der Waals surface area contributed by atoms with Crippen LogP contribution < -0.4 is 0 Å². The van der Waals surface area contributed by atoms with Crippen molar-refractivity contribution in [1.82, 2.24) is 9.88 Å². The summed E-state index contributed by atoms with van der Waals surface area (Å²) in [6, 6.07) is 14.5. The van der Waals surface area contributed by atoms with E-state index >= 15 is 0 Å². The fourth-order valence-electron chi connectivity index (χ4n) is 4.36. The van der Waals surface area contributed by atoms with Crippen molar-refractivity contribution in [2.45, 2.75) is 50.9 Å². The van der Waals surface area contributed by atoms with Gasteiger partial charge in [0.15, 0.2) is 6.10 Å². The maximum Gasteiger partial charge on any atom is 0.414 e. The van der Waals surface area contributed by atoms with Crippen LogP contribution in [0.25, 0.3) is 0 Å². The van der Waals surface area contributed by atoms with Crippen LogP contribution in [0.15, 0.2) is 48.7 Å². The van der Waals surface area contributed by atoms with Crippen molar-refractivity contribution in [2.24, 2.45) is 5.41 Å². The Morgan fingerprint density at radius 3 is 2.63 bits per heavy atom. The first-order chi connectivity index (χ1) is 14.1. The highest BCUT2D eigenvalue weighted by Gasteiger charge is 2.56. The molecule has 30 heavy (non-hydrogen) atoms. The van der Waals surface area contributed by atoms with Crippen molar-refractivity contribution >= 4 is 0 Å². The molecule has 1 aliphatic rings. The number of nitrogens with zero attached hydrogens (tertiary/aromatic N) is 3. The van der Waals surface area contributed by atoms with Gasteiger partial charge in [-0.3, -0.25) is 9.88 Å². The van der Waals surface area contributed by atoms with Gasteiger partial charge >= 0.3 is 6.18 Å². The zero-order valence-electron chi connectivity index (χ0n) is 17.2. The Hall–Kier alpha value is -2.43. The number of benzene rings is 1. The van der Waals surface area contributed by atoms with Gasteiger partial charge in [-0.05, 0) is 69.5 Å². The predicted molar refractivity (Wildman–Crippen MR) is 107 cm³/mol. The van der Waals surface area contributed by atoms with E-state index in [0.717, 1.165) is 11.3 Å². The SMILES string of the molecule is CC(C)(c1ccccn1)N1CC[C@@](CCc2cccc(C#N)c2)([C@H](O)C(F)(F)F)C1. The molecule has 1 aliphatic heterocycles. The lowest BCUT2D eigenvalue weighted by Gasteiger charge is -2.39. The van der Waals surface area contributed by atoms with Crippen LogP contribution in [0.2, 0.25) is 0 Å². The molecule has 2 aromatic rings. The van der Waals surface area contributed by atoms with Gasteiger partial charge in [0.05, 0.1) is 22.9 Å². The van der Waals surface area contributed by atoms with Crippen LogP contribution in [-0.2, 0) is 12.0 Å². The van der Waals surface area contributed by atoms with Gasteiger partial charge in [0.2, 0.25) is 0 Å². The molecule has 160 valence electrons. The van der Waals surface area contributed by atoms with E-state index in [9.17, 15) is 18.3 Å². The lowest BCUT2D eigenvalue weighted by atomic mass is 9.75. The minimum absolute atomic E-state index is 0.120. The summed E-state index contributed by atoms with van der Waals surface area (Å²) in [5, 5.41) is 19.4. The van der Waals surface area contributed by atoms with Crippen molar-refractivity contribution in [1.29, 1.82) is 5.26 Å². The summed E-state index contributed by atoms with van der Waals surface area (Å²) >= 11 is 0. The molecule has 0 unspecified atom stereocenters. The van der Waals surface area contributed by atoms with E-state index in [4.69, 9.17) is 5.26 Å². The van der Waals surface area contributed by atoms with E-state index < -0.39 is 23.2 Å². The maximum atomic E-state index is 13.6. The van der Waals surface area contributed by atoms with Crippen molar-refractivity contribution in [3.8, 4) is 6.07 Å². The number of aromatic nitrogens is 1. The molecule has 2 heterocycles. The summed E-state index contributed by atoms with van der Waals surface area (Å²) in [5.74, 6) is 0. The number of aliphatic hydroxyl groups is 1. The largest absolute Gasteiger partial charge is 0.414 e. The molecule has 1 saturated heterocycles. The average Bonchev–Trinajstić information content (AvgIpc) is 3.18. The Labute approximate surface area is 175 Å². The van der Waals surface area contributed by atoms with Crippen molar-refractivity contribution < 1.29 is 18.3 Å². The topological polar surface area (TPSA) is 60.2 Å². The van der Waals surface area contributed by atoms with E-state index in [1.54, 1.807) is 36.5 Å². The molecule has 0 bridgehead atoms. The van der Waals surface area contributed by atoms with Crippen LogP contribution in [0.5, 0.6) is 0 Å². The molecule has 1 fully saturated rings. The summed E-state index contributed by atoms with van der Waals surface area (Å²) in [6.07, 6.45) is -4.65. The third-order valence-corrected chi connectivity index (χ3v) is 6.33. The minimum Gasteiger partial charge on any atom is -0.383 e. The quantitative estimate of drug-likeness (QED) is 0.755. The summed E-state index contributed by atoms with van der Waals surface area (Å²) in [5.41, 5.74) is 0.179. The number of rotatable bonds is 6. The number of aryl methyl sites for hydroxylation is 1. The molecule has 1 aromatic heterocycles. The lowest BCUT2D eigenvalue weighted by Crippen LogP contribution is -2.49. The average molecular weight is 417 g/mol. The summed E-state index contributed by atoms with van der Waals surface area (Å²) in [7, 11) is 0. The Morgan fingerprint density at radius 2 is 2.00 bits per heavy atom. The predicted octanol–water partition coefficient (Wildman–Crippen LogP) is 4.44. The number of pyridine rings is 1. The van der Waals surface area contributed by atoms with Gasteiger partial charge in [-0.25, -0.2) is 0 Å². The Bertz CT molecular complexity index is 908. The molecule has 2 atom stereocenters. The molecular weight excluding hydrogens is 391 g/mol. The fraction of sp³-hybridized carbons (Fsp3) is 0.478. The first-order valence-corrected chi connectivity index (χ1v) is 9.99. The second-order valence-electron chi connectivity index (χ2n) is 8.56. The number of alkyl halides is 3. The Balaban J connectivity index is 1.86. The van der Waals surface area contributed by atoms with E-state index in [1.807, 2.05) is 30.9 Å². The lowest BCUT2D eigenvalue weighted by molar-refractivity contribution is -0.239. The molecule has 0 amide bonds. The van der Waals surface area contributed by atoms with E-state index in [2.05, 4.69) is 11.1 Å². The zero-order valence-corrected chi connectivity index (χ0v) is 17.2. The smallest absolute Gasteiger partial charge is 0.383 e. The highest BCUT2D eigenvalue weighted by atomic mass is 19.4. The number of hydrogen-bond donors (Lipinski definition) is 1. The van der Waals surface area contributed by atoms with Crippen molar-refractivity contribution in [3.63, 3.8) is 0 Å². The van der Waals surface area contributed by atoms with Gasteiger partial charge in [0.25, 0.3) is 0 Å². The van der Waals surface area contributed by atoms with Crippen LogP contribution in [0.4, 0.5) is 13.2 Å². The molecule has 0 aliphatic carbocycles. The highest BCUT2D eigenvalue weighted by Crippen LogP contribution is 2.47. The van der Waals surface area contributed by atoms with Gasteiger partial charge in [-0.1, -0.05) is 18.2 Å². The molecule has 0 spiro atoms. The molecule has 4 nitrogen and oxygen atoms in total. The second-order valence-corrected chi connectivity index (χ2v) is 8.56. The first kappa shape index (κ1) is 22.3. The normalized spacial score (nSPS) is 21.4. The van der Waals surface area contributed by atoms with E-state index in [-0.39, 0.29) is 19.4 Å². The molecule has 0 radical (unpaired) electrons. The van der Waals surface area contributed by atoms with Crippen LogP contribution >= 0.6 is 0 Å². The fourth-order valence-corrected chi connectivity index (χ4v) is 4.36. The van der Waals surface area contributed by atoms with Gasteiger partial charge in [-0.15, -0.1) is 0 Å². The van der Waals surface area contributed by atoms with Crippen molar-refractivity contribution in [3.05, 3.63) is 65.5 Å². The number of aliphatic hydroxyl groups excluding tert-OH is 1. The number of hydrogen-bond acceptors (Lipinski definition) is 4. The van der Waals surface area contributed by atoms with Gasteiger partial charge in [0.1, 0.15) is 0 Å². The second kappa shape index (κ2) is 8.37. The molecule has 3 rings (SSSR count). The monoisotopic (exact) mass is 417 g/mol. The molecule has 1 aromatic carbocycles. The van der Waals surface area contributed by atoms with Gasteiger partial charge in [0, 0.05) is 18.2 Å². The minimum atomic E-state index is -4.69. The first-order valence-electron chi connectivity index (χ1n) is 9.99. The summed E-state index contributed by atoms with van der Waals surface area (Å²) in [6.45, 7) is 4.45. The molecule has 0 saturated carbocycles. The zero-order chi connectivity index (χ0) is 22.0. The van der Waals surface area contributed by atoms with Crippen LogP contribution in [0, 0.1) is 16.7 Å². The summed E-state index contributed by atoms with van der Waals surface area (Å²) < 4.78 is 40.8. The standard InChI is InChI=1S/C23H26F3N3O/c1-21(2,19-8-3-4-12-28-19)29-13-11-22(16-29,20(30)23(24,25)26)10-9-17-6-5-7-18(14-17)15-27/h3-8,12,14,20,30H,9-11,13,16H2,1-2H3/t20-,22+/m0/s1. The number of likely N-dealkylation sites (tertiary alicyclic amines) is 1. The third-order valence-electron chi connectivity index (χ3n) is 6.33. The van der Waals surface area contributed by atoms with Crippen LogP contribution in [0.1, 0.15) is 43.5 Å².